The standard InChI is InChI=1S/C10H8F3NO5S/c11-10(12,13)20(17,18)19-14-7-4-2-1-3-6(7)5-8(14)9(15)16/h1-4,8H,5H2,(H,15,16)/p-1. The summed E-state index contributed by atoms with van der Waals surface area (Å²) in [5.41, 5.74) is -5.37. The van der Waals surface area contributed by atoms with E-state index in [9.17, 15) is 31.5 Å². The van der Waals surface area contributed by atoms with E-state index in [1.165, 1.54) is 24.3 Å². The van der Waals surface area contributed by atoms with Crippen molar-refractivity contribution in [1.82, 2.24) is 0 Å². The Bertz CT molecular complexity index is 643. The maximum atomic E-state index is 12.3. The molecule has 1 aliphatic heterocycles. The third-order valence-corrected chi connectivity index (χ3v) is 3.58. The minimum atomic E-state index is -5.96. The molecule has 0 amide bonds. The molecule has 0 fully saturated rings. The third kappa shape index (κ3) is 2.43. The van der Waals surface area contributed by atoms with E-state index in [1.54, 1.807) is 0 Å². The lowest BCUT2D eigenvalue weighted by molar-refractivity contribution is -0.308. The normalized spacial score (nSPS) is 18.9. The second-order valence-corrected chi connectivity index (χ2v) is 5.49. The van der Waals surface area contributed by atoms with E-state index in [0.717, 1.165) is 0 Å². The van der Waals surface area contributed by atoms with Crippen LogP contribution in [0.15, 0.2) is 24.3 Å². The topological polar surface area (TPSA) is 86.7 Å². The van der Waals surface area contributed by atoms with Crippen LogP contribution in [0.5, 0.6) is 0 Å². The van der Waals surface area contributed by atoms with Crippen molar-refractivity contribution in [2.75, 3.05) is 5.06 Å². The van der Waals surface area contributed by atoms with Crippen LogP contribution < -0.4 is 10.2 Å². The Morgan fingerprint density at radius 3 is 2.50 bits per heavy atom. The van der Waals surface area contributed by atoms with Gasteiger partial charge in [-0.25, -0.2) is 5.06 Å². The van der Waals surface area contributed by atoms with Gasteiger partial charge in [-0.2, -0.15) is 21.6 Å². The minimum Gasteiger partial charge on any atom is -0.548 e. The number of para-hydroxylation sites is 1. The number of anilines is 1. The fourth-order valence-electron chi connectivity index (χ4n) is 1.78. The van der Waals surface area contributed by atoms with Crippen LogP contribution in [-0.2, 0) is 25.6 Å². The number of carboxylic acid groups (broad SMARTS) is 1. The highest BCUT2D eigenvalue weighted by molar-refractivity contribution is 7.87. The minimum absolute atomic E-state index is 0.0606. The number of hydroxylamine groups is 1. The number of aliphatic carboxylic acids is 1. The molecule has 0 bridgehead atoms. The number of rotatable bonds is 3. The van der Waals surface area contributed by atoms with Gasteiger partial charge in [-0.1, -0.05) is 18.2 Å². The molecule has 0 aromatic heterocycles. The summed E-state index contributed by atoms with van der Waals surface area (Å²) in [6.45, 7) is 0. The predicted molar refractivity (Wildman–Crippen MR) is 57.5 cm³/mol. The zero-order valence-corrected chi connectivity index (χ0v) is 10.4. The van der Waals surface area contributed by atoms with Crippen molar-refractivity contribution in [3.63, 3.8) is 0 Å². The second kappa shape index (κ2) is 4.63. The summed E-state index contributed by atoms with van der Waals surface area (Å²) in [7, 11) is -5.96. The van der Waals surface area contributed by atoms with Crippen molar-refractivity contribution in [2.24, 2.45) is 0 Å². The van der Waals surface area contributed by atoms with Crippen molar-refractivity contribution >= 4 is 21.8 Å². The van der Waals surface area contributed by atoms with Gasteiger partial charge in [0.05, 0.1) is 11.7 Å². The first-order chi connectivity index (χ1) is 9.13. The number of alkyl halides is 3. The number of carboxylic acids is 1. The molecule has 0 spiro atoms. The van der Waals surface area contributed by atoms with E-state index in [0.29, 0.717) is 5.56 Å². The first-order valence-corrected chi connectivity index (χ1v) is 6.63. The fraction of sp³-hybridized carbons (Fsp3) is 0.300. The lowest BCUT2D eigenvalue weighted by Crippen LogP contribution is -2.48. The van der Waals surface area contributed by atoms with Gasteiger partial charge in [0, 0.05) is 6.42 Å². The van der Waals surface area contributed by atoms with Gasteiger partial charge in [0.1, 0.15) is 6.04 Å². The van der Waals surface area contributed by atoms with Crippen LogP contribution in [-0.4, -0.2) is 25.9 Å². The number of benzene rings is 1. The first kappa shape index (κ1) is 14.6. The maximum Gasteiger partial charge on any atom is 0.525 e. The summed E-state index contributed by atoms with van der Waals surface area (Å²) >= 11 is 0. The van der Waals surface area contributed by atoms with Crippen molar-refractivity contribution in [3.05, 3.63) is 29.8 Å². The molecule has 1 atom stereocenters. The molecule has 6 nitrogen and oxygen atoms in total. The number of hydrogen-bond acceptors (Lipinski definition) is 6. The smallest absolute Gasteiger partial charge is 0.525 e. The molecular weight excluding hydrogens is 303 g/mol. The Hall–Kier alpha value is -1.81. The Morgan fingerprint density at radius 2 is 1.95 bits per heavy atom. The lowest BCUT2D eigenvalue weighted by atomic mass is 10.1. The van der Waals surface area contributed by atoms with E-state index in [2.05, 4.69) is 4.28 Å². The molecule has 2 rings (SSSR count). The summed E-state index contributed by atoms with van der Waals surface area (Å²) in [5.74, 6) is -1.74. The number of carbonyl (C=O) groups is 1. The molecule has 0 saturated heterocycles. The van der Waals surface area contributed by atoms with Gasteiger partial charge in [0.25, 0.3) is 0 Å². The largest absolute Gasteiger partial charge is 0.548 e. The molecule has 10 heteroatoms. The van der Waals surface area contributed by atoms with Crippen molar-refractivity contribution in [1.29, 1.82) is 0 Å². The lowest BCUT2D eigenvalue weighted by Gasteiger charge is -2.26. The number of carbonyl (C=O) groups excluding carboxylic acids is 1. The van der Waals surface area contributed by atoms with E-state index in [-0.39, 0.29) is 17.2 Å². The molecule has 110 valence electrons. The average molecular weight is 310 g/mol. The first-order valence-electron chi connectivity index (χ1n) is 5.22. The SMILES string of the molecule is O=C([O-])C1Cc2ccccc2N1OS(=O)(=O)C(F)(F)F. The number of nitrogens with zero attached hydrogens (tertiary/aromatic N) is 1. The zero-order chi connectivity index (χ0) is 15.1. The Labute approximate surface area is 111 Å². The molecule has 0 aliphatic carbocycles. The van der Waals surface area contributed by atoms with Gasteiger partial charge < -0.3 is 9.90 Å². The van der Waals surface area contributed by atoms with Gasteiger partial charge in [0.2, 0.25) is 0 Å². The van der Waals surface area contributed by atoms with Gasteiger partial charge >= 0.3 is 15.6 Å². The maximum absolute atomic E-state index is 12.3. The Morgan fingerprint density at radius 1 is 1.35 bits per heavy atom. The fourth-order valence-corrected chi connectivity index (χ4v) is 2.26. The molecule has 1 aromatic rings. The number of halogens is 3. The molecule has 1 aromatic carbocycles. The van der Waals surface area contributed by atoms with Crippen LogP contribution >= 0.6 is 0 Å². The molecule has 1 unspecified atom stereocenters. The van der Waals surface area contributed by atoms with Crippen LogP contribution in [0.4, 0.5) is 18.9 Å². The summed E-state index contributed by atoms with van der Waals surface area (Å²) in [5, 5.41) is 11.1. The number of fused-ring (bicyclic) bond motifs is 1. The molecule has 0 radical (unpaired) electrons. The van der Waals surface area contributed by atoms with Crippen molar-refractivity contribution in [2.45, 2.75) is 18.0 Å². The van der Waals surface area contributed by atoms with Gasteiger partial charge in [-0.15, -0.1) is 4.28 Å². The van der Waals surface area contributed by atoms with Crippen molar-refractivity contribution < 1.29 is 35.8 Å². The average Bonchev–Trinajstić information content (AvgIpc) is 2.67. The summed E-state index contributed by atoms with van der Waals surface area (Å²) in [6.07, 6.45) is -0.216. The number of hydrogen-bond donors (Lipinski definition) is 0. The summed E-state index contributed by atoms with van der Waals surface area (Å²) in [4.78, 5) is 10.9. The van der Waals surface area contributed by atoms with Crippen LogP contribution in [0.2, 0.25) is 0 Å². The van der Waals surface area contributed by atoms with E-state index < -0.39 is 27.6 Å². The third-order valence-electron chi connectivity index (χ3n) is 2.66. The molecule has 0 N–H and O–H groups in total. The molecule has 1 heterocycles. The monoisotopic (exact) mass is 310 g/mol. The van der Waals surface area contributed by atoms with Gasteiger partial charge in [-0.3, -0.25) is 0 Å². The van der Waals surface area contributed by atoms with Gasteiger partial charge in [-0.05, 0) is 11.6 Å². The quantitative estimate of drug-likeness (QED) is 0.728. The second-order valence-electron chi connectivity index (χ2n) is 3.97. The van der Waals surface area contributed by atoms with Crippen LogP contribution in [0.3, 0.4) is 0 Å². The van der Waals surface area contributed by atoms with Gasteiger partial charge in [0.15, 0.2) is 0 Å². The van der Waals surface area contributed by atoms with E-state index in [1.807, 2.05) is 0 Å². The van der Waals surface area contributed by atoms with E-state index in [4.69, 9.17) is 0 Å². The van der Waals surface area contributed by atoms with Crippen LogP contribution in [0.1, 0.15) is 5.56 Å². The van der Waals surface area contributed by atoms with Crippen LogP contribution in [0, 0.1) is 0 Å². The Balaban J connectivity index is 2.40. The highest BCUT2D eigenvalue weighted by Crippen LogP contribution is 2.35. The molecule has 1 aliphatic rings. The molecule has 20 heavy (non-hydrogen) atoms. The Kier molecular flexibility index (Phi) is 3.38. The zero-order valence-electron chi connectivity index (χ0n) is 9.62. The highest BCUT2D eigenvalue weighted by atomic mass is 32.2. The summed E-state index contributed by atoms with van der Waals surface area (Å²) in [6, 6.07) is 4.00. The molecule has 0 saturated carbocycles. The highest BCUT2D eigenvalue weighted by Gasteiger charge is 2.50. The van der Waals surface area contributed by atoms with Crippen LogP contribution in [0.25, 0.3) is 0 Å². The predicted octanol–water partition coefficient (Wildman–Crippen LogP) is -0.0512. The molecular formula is C10H7F3NO5S-. The van der Waals surface area contributed by atoms with E-state index >= 15 is 0 Å². The van der Waals surface area contributed by atoms with Crippen molar-refractivity contribution in [3.8, 4) is 0 Å². The summed E-state index contributed by atoms with van der Waals surface area (Å²) < 4.78 is 62.8.